The molecule has 1 aromatic rings. The molecule has 0 aliphatic rings. The van der Waals surface area contributed by atoms with E-state index in [1.54, 1.807) is 0 Å². The number of aromatic hydroxyl groups is 1. The molecule has 0 fully saturated rings. The lowest BCUT2D eigenvalue weighted by Gasteiger charge is -2.07. The molecule has 4 N–H and O–H groups in total. The number of benzene rings is 1. The molecule has 18 heavy (non-hydrogen) atoms. The summed E-state index contributed by atoms with van der Waals surface area (Å²) in [5, 5.41) is 20.2. The molecule has 0 saturated carbocycles. The molecule has 0 aromatic heterocycles. The molecule has 0 heterocycles. The van der Waals surface area contributed by atoms with Gasteiger partial charge in [0, 0.05) is 6.54 Å². The van der Waals surface area contributed by atoms with Gasteiger partial charge < -0.3 is 19.7 Å². The zero-order valence-corrected chi connectivity index (χ0v) is 9.85. The molecule has 0 saturated heterocycles. The molecule has 0 unspecified atom stereocenters. The minimum Gasteiger partial charge on any atom is -0.507 e. The van der Waals surface area contributed by atoms with Gasteiger partial charge in [-0.2, -0.15) is 8.42 Å². The first-order valence-electron chi connectivity index (χ1n) is 4.72. The Morgan fingerprint density at radius 2 is 2.06 bits per heavy atom. The van der Waals surface area contributed by atoms with E-state index in [1.807, 2.05) is 0 Å². The number of phenolic OH excluding ortho intramolecular Hbond substituents is 1. The fraction of sp³-hybridized carbons (Fsp3) is 0.222. The fourth-order valence-electron chi connectivity index (χ4n) is 1.14. The van der Waals surface area contributed by atoms with Gasteiger partial charge in [0.1, 0.15) is 11.5 Å². The highest BCUT2D eigenvalue weighted by molar-refractivity contribution is 7.81. The first-order chi connectivity index (χ1) is 8.33. The standard InChI is InChI=1S/C9H11NO7S/c11-4-3-10-9(13)7-5-6(1-2-8(7)12)17-18(14,15)16/h1-2,5,11-12H,3-4H2,(H,10,13)(H,14,15,16). The van der Waals surface area contributed by atoms with Gasteiger partial charge in [0.2, 0.25) is 0 Å². The summed E-state index contributed by atoms with van der Waals surface area (Å²) in [5.41, 5.74) is -0.246. The third-order valence-electron chi connectivity index (χ3n) is 1.81. The smallest absolute Gasteiger partial charge is 0.446 e. The summed E-state index contributed by atoms with van der Waals surface area (Å²) in [7, 11) is -4.70. The van der Waals surface area contributed by atoms with Crippen LogP contribution in [-0.2, 0) is 10.4 Å². The molecule has 0 bridgehead atoms. The van der Waals surface area contributed by atoms with E-state index in [-0.39, 0.29) is 24.5 Å². The van der Waals surface area contributed by atoms with Crippen molar-refractivity contribution in [3.05, 3.63) is 23.8 Å². The lowest BCUT2D eigenvalue weighted by atomic mass is 10.2. The molecule has 1 rings (SSSR count). The van der Waals surface area contributed by atoms with E-state index in [1.165, 1.54) is 0 Å². The summed E-state index contributed by atoms with van der Waals surface area (Å²) < 4.78 is 33.6. The Balaban J connectivity index is 2.97. The van der Waals surface area contributed by atoms with Crippen LogP contribution in [0.3, 0.4) is 0 Å². The van der Waals surface area contributed by atoms with Crippen molar-refractivity contribution in [3.8, 4) is 11.5 Å². The minimum atomic E-state index is -4.70. The van der Waals surface area contributed by atoms with Crippen LogP contribution in [0.1, 0.15) is 10.4 Å². The normalized spacial score (nSPS) is 11.0. The molecular formula is C9H11NO7S. The van der Waals surface area contributed by atoms with Crippen LogP contribution in [0.15, 0.2) is 18.2 Å². The molecular weight excluding hydrogens is 266 g/mol. The minimum absolute atomic E-state index is 0.0261. The zero-order chi connectivity index (χ0) is 13.8. The first-order valence-corrected chi connectivity index (χ1v) is 6.09. The first kappa shape index (κ1) is 14.2. The molecule has 8 nitrogen and oxygen atoms in total. The second kappa shape index (κ2) is 5.67. The van der Waals surface area contributed by atoms with Gasteiger partial charge in [-0.1, -0.05) is 0 Å². The Bertz CT molecular complexity index is 540. The molecule has 0 atom stereocenters. The van der Waals surface area contributed by atoms with Crippen molar-refractivity contribution in [1.29, 1.82) is 0 Å². The Morgan fingerprint density at radius 3 is 2.61 bits per heavy atom. The Labute approximate surface area is 103 Å². The van der Waals surface area contributed by atoms with Crippen molar-refractivity contribution in [3.63, 3.8) is 0 Å². The van der Waals surface area contributed by atoms with Crippen LogP contribution in [0, 0.1) is 0 Å². The highest BCUT2D eigenvalue weighted by atomic mass is 32.3. The SMILES string of the molecule is O=C(NCCO)c1cc(OS(=O)(=O)O)ccc1O. The maximum absolute atomic E-state index is 11.5. The van der Waals surface area contributed by atoms with Gasteiger partial charge in [-0.05, 0) is 18.2 Å². The Kier molecular flexibility index (Phi) is 4.48. The van der Waals surface area contributed by atoms with Crippen LogP contribution in [0.25, 0.3) is 0 Å². The topological polar surface area (TPSA) is 133 Å². The lowest BCUT2D eigenvalue weighted by Crippen LogP contribution is -2.26. The van der Waals surface area contributed by atoms with Crippen molar-refractivity contribution in [1.82, 2.24) is 5.32 Å². The maximum Gasteiger partial charge on any atom is 0.446 e. The summed E-state index contributed by atoms with van der Waals surface area (Å²) in [6, 6.07) is 3.04. The number of nitrogens with one attached hydrogen (secondary N) is 1. The molecule has 1 aromatic carbocycles. The van der Waals surface area contributed by atoms with Crippen molar-refractivity contribution < 1.29 is 32.2 Å². The van der Waals surface area contributed by atoms with E-state index in [9.17, 15) is 18.3 Å². The molecule has 0 aliphatic carbocycles. The summed E-state index contributed by atoms with van der Waals surface area (Å²) in [6.07, 6.45) is 0. The average molecular weight is 277 g/mol. The molecule has 0 radical (unpaired) electrons. The summed E-state index contributed by atoms with van der Waals surface area (Å²) in [6.45, 7) is -0.310. The van der Waals surface area contributed by atoms with Crippen molar-refractivity contribution in [2.75, 3.05) is 13.2 Å². The van der Waals surface area contributed by atoms with Gasteiger partial charge in [-0.15, -0.1) is 0 Å². The number of amides is 1. The number of rotatable bonds is 5. The summed E-state index contributed by atoms with van der Waals surface area (Å²) in [4.78, 5) is 11.5. The van der Waals surface area contributed by atoms with E-state index in [0.717, 1.165) is 18.2 Å². The highest BCUT2D eigenvalue weighted by Gasteiger charge is 2.14. The quantitative estimate of drug-likeness (QED) is 0.523. The monoisotopic (exact) mass is 277 g/mol. The number of aliphatic hydroxyl groups is 1. The second-order valence-corrected chi connectivity index (χ2v) is 4.19. The predicted octanol–water partition coefficient (Wildman–Crippen LogP) is -0.704. The molecule has 0 aliphatic heterocycles. The predicted molar refractivity (Wildman–Crippen MR) is 59.7 cm³/mol. The van der Waals surface area contributed by atoms with Gasteiger partial charge in [-0.3, -0.25) is 9.35 Å². The summed E-state index contributed by atoms with van der Waals surface area (Å²) in [5.74, 6) is -1.44. The van der Waals surface area contributed by atoms with Crippen LogP contribution in [0.4, 0.5) is 0 Å². The maximum atomic E-state index is 11.5. The van der Waals surface area contributed by atoms with Crippen molar-refractivity contribution in [2.45, 2.75) is 0 Å². The van der Waals surface area contributed by atoms with Gasteiger partial charge in [0.15, 0.2) is 0 Å². The fourth-order valence-corrected chi connectivity index (χ4v) is 1.48. The third-order valence-corrected chi connectivity index (χ3v) is 2.21. The average Bonchev–Trinajstić information content (AvgIpc) is 2.26. The number of aliphatic hydroxyl groups excluding tert-OH is 1. The Hall–Kier alpha value is -1.84. The van der Waals surface area contributed by atoms with Crippen molar-refractivity contribution >= 4 is 16.3 Å². The van der Waals surface area contributed by atoms with Crippen molar-refractivity contribution in [2.24, 2.45) is 0 Å². The Morgan fingerprint density at radius 1 is 1.39 bits per heavy atom. The molecule has 100 valence electrons. The van der Waals surface area contributed by atoms with E-state index in [2.05, 4.69) is 9.50 Å². The number of hydrogen-bond acceptors (Lipinski definition) is 6. The molecule has 1 amide bonds. The van der Waals surface area contributed by atoms with E-state index in [0.29, 0.717) is 0 Å². The largest absolute Gasteiger partial charge is 0.507 e. The van der Waals surface area contributed by atoms with Gasteiger partial charge in [0.05, 0.1) is 12.2 Å². The number of carbonyl (C=O) groups is 1. The summed E-state index contributed by atoms with van der Waals surface area (Å²) >= 11 is 0. The third kappa shape index (κ3) is 4.20. The van der Waals surface area contributed by atoms with Crippen LogP contribution < -0.4 is 9.50 Å². The zero-order valence-electron chi connectivity index (χ0n) is 9.03. The van der Waals surface area contributed by atoms with Crippen LogP contribution in [0.5, 0.6) is 11.5 Å². The number of carbonyl (C=O) groups excluding carboxylic acids is 1. The number of hydrogen-bond donors (Lipinski definition) is 4. The molecule has 0 spiro atoms. The van der Waals surface area contributed by atoms with E-state index >= 15 is 0 Å². The molecule has 9 heteroatoms. The van der Waals surface area contributed by atoms with Gasteiger partial charge in [0.25, 0.3) is 5.91 Å². The van der Waals surface area contributed by atoms with Crippen LogP contribution in [0.2, 0.25) is 0 Å². The number of phenols is 1. The van der Waals surface area contributed by atoms with E-state index in [4.69, 9.17) is 9.66 Å². The lowest BCUT2D eigenvalue weighted by molar-refractivity contribution is 0.0941. The second-order valence-electron chi connectivity index (χ2n) is 3.17. The van der Waals surface area contributed by atoms with Gasteiger partial charge >= 0.3 is 10.4 Å². The highest BCUT2D eigenvalue weighted by Crippen LogP contribution is 2.23. The van der Waals surface area contributed by atoms with E-state index < -0.39 is 22.1 Å². The van der Waals surface area contributed by atoms with Crippen LogP contribution in [-0.4, -0.2) is 42.2 Å². The van der Waals surface area contributed by atoms with Gasteiger partial charge in [-0.25, -0.2) is 0 Å². The van der Waals surface area contributed by atoms with Crippen LogP contribution >= 0.6 is 0 Å².